The molecule has 0 saturated heterocycles. The van der Waals surface area contributed by atoms with E-state index in [0.29, 0.717) is 5.69 Å². The van der Waals surface area contributed by atoms with E-state index < -0.39 is 12.1 Å². The first-order valence-corrected chi connectivity index (χ1v) is 7.80. The number of para-hydroxylation sites is 2. The largest absolute Gasteiger partial charge is 0.493 e. The molecule has 5 nitrogen and oxygen atoms in total. The van der Waals surface area contributed by atoms with E-state index in [9.17, 15) is 9.59 Å². The van der Waals surface area contributed by atoms with E-state index in [-0.39, 0.29) is 18.9 Å². The van der Waals surface area contributed by atoms with Gasteiger partial charge in [0.05, 0.1) is 13.0 Å². The van der Waals surface area contributed by atoms with Crippen LogP contribution in [0.4, 0.5) is 5.69 Å². The zero-order valence-electron chi connectivity index (χ0n) is 13.8. The maximum absolute atomic E-state index is 12.0. The second kappa shape index (κ2) is 8.72. The van der Waals surface area contributed by atoms with Crippen LogP contribution in [0, 0.1) is 6.92 Å². The number of hydrogen-bond acceptors (Lipinski definition) is 4. The zero-order valence-corrected chi connectivity index (χ0v) is 13.8. The number of benzene rings is 2. The average molecular weight is 327 g/mol. The number of nitrogens with one attached hydrogen (secondary N) is 1. The Morgan fingerprint density at radius 2 is 1.71 bits per heavy atom. The molecule has 1 N–H and O–H groups in total. The van der Waals surface area contributed by atoms with Gasteiger partial charge in [0.25, 0.3) is 5.91 Å². The minimum atomic E-state index is -0.865. The third kappa shape index (κ3) is 5.43. The van der Waals surface area contributed by atoms with Crippen molar-refractivity contribution < 1.29 is 19.1 Å². The Kier molecular flexibility index (Phi) is 6.37. The summed E-state index contributed by atoms with van der Waals surface area (Å²) >= 11 is 0. The van der Waals surface area contributed by atoms with Gasteiger partial charge in [-0.1, -0.05) is 36.4 Å². The number of rotatable bonds is 7. The van der Waals surface area contributed by atoms with Crippen LogP contribution in [0.3, 0.4) is 0 Å². The van der Waals surface area contributed by atoms with Gasteiger partial charge in [0.2, 0.25) is 0 Å². The molecule has 5 heteroatoms. The number of hydrogen-bond donors (Lipinski definition) is 1. The fraction of sp³-hybridized carbons (Fsp3) is 0.263. The lowest BCUT2D eigenvalue weighted by molar-refractivity contribution is -0.153. The van der Waals surface area contributed by atoms with Gasteiger partial charge >= 0.3 is 5.97 Å². The Morgan fingerprint density at radius 3 is 2.42 bits per heavy atom. The minimum absolute atomic E-state index is 0.0806. The topological polar surface area (TPSA) is 64.6 Å². The summed E-state index contributed by atoms with van der Waals surface area (Å²) in [5.74, 6) is -0.103. The van der Waals surface area contributed by atoms with E-state index in [1.807, 2.05) is 49.4 Å². The maximum Gasteiger partial charge on any atom is 0.310 e. The number of carbonyl (C=O) groups excluding carboxylic acids is 2. The van der Waals surface area contributed by atoms with Crippen molar-refractivity contribution in [3.8, 4) is 5.75 Å². The second-order valence-corrected chi connectivity index (χ2v) is 5.35. The van der Waals surface area contributed by atoms with Crippen molar-refractivity contribution in [2.75, 3.05) is 11.9 Å². The highest BCUT2D eigenvalue weighted by atomic mass is 16.5. The summed E-state index contributed by atoms with van der Waals surface area (Å²) in [5, 5.41) is 2.69. The molecule has 0 radical (unpaired) electrons. The molecular weight excluding hydrogens is 306 g/mol. The summed E-state index contributed by atoms with van der Waals surface area (Å²) in [7, 11) is 0. The summed E-state index contributed by atoms with van der Waals surface area (Å²) < 4.78 is 10.7. The maximum atomic E-state index is 12.0. The Labute approximate surface area is 141 Å². The highest BCUT2D eigenvalue weighted by molar-refractivity contribution is 5.95. The molecule has 126 valence electrons. The molecule has 0 saturated carbocycles. The van der Waals surface area contributed by atoms with Gasteiger partial charge in [-0.2, -0.15) is 0 Å². The van der Waals surface area contributed by atoms with Gasteiger partial charge < -0.3 is 14.8 Å². The number of aryl methyl sites for hydroxylation is 1. The predicted octanol–water partition coefficient (Wildman–Crippen LogP) is 3.33. The molecule has 0 aromatic heterocycles. The molecule has 0 fully saturated rings. The van der Waals surface area contributed by atoms with E-state index in [2.05, 4.69) is 5.32 Å². The quantitative estimate of drug-likeness (QED) is 0.792. The molecule has 0 aliphatic rings. The highest BCUT2D eigenvalue weighted by Gasteiger charge is 2.17. The van der Waals surface area contributed by atoms with Crippen molar-refractivity contribution >= 4 is 17.6 Å². The number of anilines is 1. The lowest BCUT2D eigenvalue weighted by Gasteiger charge is -2.14. The SMILES string of the molecule is Cc1ccccc1OCCC(=O)O[C@H](C)C(=O)Nc1ccccc1. The summed E-state index contributed by atoms with van der Waals surface area (Å²) in [5.41, 5.74) is 1.66. The van der Waals surface area contributed by atoms with Crippen LogP contribution in [0.15, 0.2) is 54.6 Å². The van der Waals surface area contributed by atoms with Gasteiger partial charge in [0.15, 0.2) is 6.10 Å². The second-order valence-electron chi connectivity index (χ2n) is 5.35. The third-order valence-electron chi connectivity index (χ3n) is 3.38. The molecule has 0 heterocycles. The van der Waals surface area contributed by atoms with E-state index >= 15 is 0 Å². The molecule has 2 aromatic rings. The fourth-order valence-electron chi connectivity index (χ4n) is 2.04. The molecule has 1 amide bonds. The Balaban J connectivity index is 1.73. The van der Waals surface area contributed by atoms with Crippen LogP contribution in [0.2, 0.25) is 0 Å². The van der Waals surface area contributed by atoms with Crippen molar-refractivity contribution in [2.45, 2.75) is 26.4 Å². The van der Waals surface area contributed by atoms with Crippen LogP contribution >= 0.6 is 0 Å². The standard InChI is InChI=1S/C19H21NO4/c1-14-8-6-7-11-17(14)23-13-12-18(21)24-15(2)19(22)20-16-9-4-3-5-10-16/h3-11,15H,12-13H2,1-2H3,(H,20,22)/t15-/m1/s1. The van der Waals surface area contributed by atoms with E-state index in [1.54, 1.807) is 19.1 Å². The molecule has 2 aromatic carbocycles. The molecule has 0 unspecified atom stereocenters. The molecule has 0 aliphatic carbocycles. The first kappa shape index (κ1) is 17.5. The molecule has 0 spiro atoms. The van der Waals surface area contributed by atoms with Gasteiger partial charge in [-0.25, -0.2) is 0 Å². The monoisotopic (exact) mass is 327 g/mol. The van der Waals surface area contributed by atoms with Gasteiger partial charge in [-0.05, 0) is 37.6 Å². The Morgan fingerprint density at radius 1 is 1.04 bits per heavy atom. The molecule has 2 rings (SSSR count). The van der Waals surface area contributed by atoms with Crippen LogP contribution in [0.25, 0.3) is 0 Å². The lowest BCUT2D eigenvalue weighted by atomic mass is 10.2. The molecule has 0 aliphatic heterocycles. The summed E-state index contributed by atoms with van der Waals surface area (Å²) in [4.78, 5) is 23.8. The van der Waals surface area contributed by atoms with Gasteiger partial charge in [-0.15, -0.1) is 0 Å². The first-order valence-electron chi connectivity index (χ1n) is 7.80. The first-order chi connectivity index (χ1) is 11.6. The summed E-state index contributed by atoms with van der Waals surface area (Å²) in [6.07, 6.45) is -0.784. The zero-order chi connectivity index (χ0) is 17.4. The van der Waals surface area contributed by atoms with E-state index in [0.717, 1.165) is 11.3 Å². The van der Waals surface area contributed by atoms with Crippen molar-refractivity contribution in [2.24, 2.45) is 0 Å². The van der Waals surface area contributed by atoms with Gasteiger partial charge in [0.1, 0.15) is 5.75 Å². The van der Waals surface area contributed by atoms with Crippen molar-refractivity contribution in [3.05, 3.63) is 60.2 Å². The van der Waals surface area contributed by atoms with Crippen LogP contribution in [-0.2, 0) is 14.3 Å². The van der Waals surface area contributed by atoms with Crippen LogP contribution < -0.4 is 10.1 Å². The highest BCUT2D eigenvalue weighted by Crippen LogP contribution is 2.16. The smallest absolute Gasteiger partial charge is 0.310 e. The molecule has 0 bridgehead atoms. The van der Waals surface area contributed by atoms with Crippen LogP contribution in [0.1, 0.15) is 18.9 Å². The average Bonchev–Trinajstić information content (AvgIpc) is 2.57. The number of ether oxygens (including phenoxy) is 2. The Hall–Kier alpha value is -2.82. The van der Waals surface area contributed by atoms with Crippen molar-refractivity contribution in [3.63, 3.8) is 0 Å². The number of carbonyl (C=O) groups is 2. The van der Waals surface area contributed by atoms with Gasteiger partial charge in [-0.3, -0.25) is 9.59 Å². The lowest BCUT2D eigenvalue weighted by Crippen LogP contribution is -2.30. The predicted molar refractivity (Wildman–Crippen MR) is 91.9 cm³/mol. The molecular formula is C19H21NO4. The third-order valence-corrected chi connectivity index (χ3v) is 3.38. The van der Waals surface area contributed by atoms with Crippen LogP contribution in [0.5, 0.6) is 5.75 Å². The van der Waals surface area contributed by atoms with Crippen molar-refractivity contribution in [1.29, 1.82) is 0 Å². The Bertz CT molecular complexity index is 685. The number of amides is 1. The summed E-state index contributed by atoms with van der Waals surface area (Å²) in [6.45, 7) is 3.68. The van der Waals surface area contributed by atoms with E-state index in [1.165, 1.54) is 0 Å². The molecule has 1 atom stereocenters. The van der Waals surface area contributed by atoms with Crippen molar-refractivity contribution in [1.82, 2.24) is 0 Å². The summed E-state index contributed by atoms with van der Waals surface area (Å²) in [6, 6.07) is 16.6. The molecule has 24 heavy (non-hydrogen) atoms. The van der Waals surface area contributed by atoms with Crippen LogP contribution in [-0.4, -0.2) is 24.6 Å². The number of esters is 1. The fourth-order valence-corrected chi connectivity index (χ4v) is 2.04. The minimum Gasteiger partial charge on any atom is -0.493 e. The van der Waals surface area contributed by atoms with Gasteiger partial charge in [0, 0.05) is 5.69 Å². The normalized spacial score (nSPS) is 11.4. The van der Waals surface area contributed by atoms with E-state index in [4.69, 9.17) is 9.47 Å².